The second-order valence-electron chi connectivity index (χ2n) is 4.07. The average molecular weight is 261 g/mol. The molecule has 0 aliphatic carbocycles. The maximum Gasteiger partial charge on any atom is 0.136 e. The van der Waals surface area contributed by atoms with Crippen LogP contribution in [-0.4, -0.2) is 13.7 Å². The van der Waals surface area contributed by atoms with Crippen molar-refractivity contribution in [1.82, 2.24) is 0 Å². The highest BCUT2D eigenvalue weighted by atomic mass is 19.1. The Morgan fingerprint density at radius 1 is 1.11 bits per heavy atom. The Kier molecular flexibility index (Phi) is 4.36. The Morgan fingerprint density at radius 2 is 1.84 bits per heavy atom. The summed E-state index contributed by atoms with van der Waals surface area (Å²) in [6.07, 6.45) is -0.312. The molecule has 4 heteroatoms. The van der Waals surface area contributed by atoms with Gasteiger partial charge in [0.1, 0.15) is 23.4 Å². The number of nitrogens with two attached hydrogens (primary N) is 1. The maximum atomic E-state index is 13.1. The highest BCUT2D eigenvalue weighted by Crippen LogP contribution is 2.23. The molecule has 0 saturated carbocycles. The van der Waals surface area contributed by atoms with Crippen LogP contribution in [0.3, 0.4) is 0 Å². The van der Waals surface area contributed by atoms with E-state index in [0.29, 0.717) is 12.3 Å². The standard InChI is InChI=1S/C15H16FNO2/c1-18-13-7-5-11(6-8-13)15(10-17)19-14-4-2-3-12(16)9-14/h2-9,15H,10,17H2,1H3. The molecule has 0 saturated heterocycles. The Bertz CT molecular complexity index is 528. The van der Waals surface area contributed by atoms with E-state index in [9.17, 15) is 4.39 Å². The molecule has 0 heterocycles. The van der Waals surface area contributed by atoms with Gasteiger partial charge in [-0.15, -0.1) is 0 Å². The van der Waals surface area contributed by atoms with Crippen molar-refractivity contribution in [2.75, 3.05) is 13.7 Å². The van der Waals surface area contributed by atoms with Gasteiger partial charge in [0, 0.05) is 12.6 Å². The fourth-order valence-electron chi connectivity index (χ4n) is 1.78. The number of ether oxygens (including phenoxy) is 2. The molecule has 1 unspecified atom stereocenters. The number of benzene rings is 2. The van der Waals surface area contributed by atoms with Crippen molar-refractivity contribution < 1.29 is 13.9 Å². The van der Waals surface area contributed by atoms with E-state index in [1.807, 2.05) is 24.3 Å². The van der Waals surface area contributed by atoms with Gasteiger partial charge in [0.25, 0.3) is 0 Å². The van der Waals surface area contributed by atoms with Crippen LogP contribution >= 0.6 is 0 Å². The summed E-state index contributed by atoms with van der Waals surface area (Å²) in [5.74, 6) is 0.902. The normalized spacial score (nSPS) is 11.9. The first-order valence-electron chi connectivity index (χ1n) is 5.99. The SMILES string of the molecule is COc1ccc(C(CN)Oc2cccc(F)c2)cc1. The van der Waals surface area contributed by atoms with Gasteiger partial charge in [-0.3, -0.25) is 0 Å². The molecule has 2 N–H and O–H groups in total. The van der Waals surface area contributed by atoms with Crippen molar-refractivity contribution in [3.63, 3.8) is 0 Å². The zero-order valence-electron chi connectivity index (χ0n) is 10.7. The van der Waals surface area contributed by atoms with E-state index >= 15 is 0 Å². The number of hydrogen-bond acceptors (Lipinski definition) is 3. The molecule has 0 aromatic heterocycles. The van der Waals surface area contributed by atoms with Gasteiger partial charge in [0.05, 0.1) is 7.11 Å². The third kappa shape index (κ3) is 3.45. The molecule has 0 fully saturated rings. The summed E-state index contributed by atoms with van der Waals surface area (Å²) >= 11 is 0. The molecule has 0 amide bonds. The number of methoxy groups -OCH3 is 1. The highest BCUT2D eigenvalue weighted by Gasteiger charge is 2.12. The Hall–Kier alpha value is -2.07. The van der Waals surface area contributed by atoms with E-state index in [1.54, 1.807) is 19.2 Å². The van der Waals surface area contributed by atoms with Crippen molar-refractivity contribution in [2.45, 2.75) is 6.10 Å². The average Bonchev–Trinajstić information content (AvgIpc) is 2.45. The number of rotatable bonds is 5. The lowest BCUT2D eigenvalue weighted by molar-refractivity contribution is 0.213. The van der Waals surface area contributed by atoms with Gasteiger partial charge in [-0.2, -0.15) is 0 Å². The minimum Gasteiger partial charge on any atom is -0.497 e. The first-order valence-corrected chi connectivity index (χ1v) is 5.99. The summed E-state index contributed by atoms with van der Waals surface area (Å²) in [6.45, 7) is 0.308. The predicted molar refractivity (Wildman–Crippen MR) is 71.8 cm³/mol. The molecule has 0 bridgehead atoms. The second kappa shape index (κ2) is 6.20. The first kappa shape index (κ1) is 13.4. The van der Waals surface area contributed by atoms with E-state index in [4.69, 9.17) is 15.2 Å². The molecule has 1 atom stereocenters. The van der Waals surface area contributed by atoms with E-state index in [0.717, 1.165) is 11.3 Å². The molecular formula is C15H16FNO2. The topological polar surface area (TPSA) is 44.5 Å². The zero-order valence-corrected chi connectivity index (χ0v) is 10.7. The Balaban J connectivity index is 2.15. The van der Waals surface area contributed by atoms with Crippen molar-refractivity contribution in [3.05, 3.63) is 59.9 Å². The molecule has 2 aromatic rings. The van der Waals surface area contributed by atoms with Gasteiger partial charge in [-0.1, -0.05) is 18.2 Å². The van der Waals surface area contributed by atoms with Crippen molar-refractivity contribution in [3.8, 4) is 11.5 Å². The van der Waals surface area contributed by atoms with Crippen LogP contribution < -0.4 is 15.2 Å². The van der Waals surface area contributed by atoms with Crippen LogP contribution in [-0.2, 0) is 0 Å². The molecule has 100 valence electrons. The molecule has 0 aliphatic rings. The van der Waals surface area contributed by atoms with E-state index in [1.165, 1.54) is 12.1 Å². The summed E-state index contributed by atoms with van der Waals surface area (Å²) in [4.78, 5) is 0. The lowest BCUT2D eigenvalue weighted by atomic mass is 10.1. The Morgan fingerprint density at radius 3 is 2.42 bits per heavy atom. The minimum absolute atomic E-state index is 0.308. The number of hydrogen-bond donors (Lipinski definition) is 1. The fraction of sp³-hybridized carbons (Fsp3) is 0.200. The lowest BCUT2D eigenvalue weighted by Crippen LogP contribution is -2.18. The Labute approximate surface area is 111 Å². The van der Waals surface area contributed by atoms with Crippen LogP contribution in [0.15, 0.2) is 48.5 Å². The van der Waals surface area contributed by atoms with Crippen LogP contribution in [0.4, 0.5) is 4.39 Å². The smallest absolute Gasteiger partial charge is 0.136 e. The highest BCUT2D eigenvalue weighted by molar-refractivity contribution is 5.30. The summed E-state index contributed by atoms with van der Waals surface area (Å²) in [7, 11) is 1.61. The molecule has 0 aliphatic heterocycles. The van der Waals surface area contributed by atoms with Gasteiger partial charge in [0.2, 0.25) is 0 Å². The van der Waals surface area contributed by atoms with Gasteiger partial charge < -0.3 is 15.2 Å². The van der Waals surface area contributed by atoms with Crippen LogP contribution in [0.2, 0.25) is 0 Å². The molecular weight excluding hydrogens is 245 g/mol. The monoisotopic (exact) mass is 261 g/mol. The number of halogens is 1. The van der Waals surface area contributed by atoms with E-state index in [2.05, 4.69) is 0 Å². The van der Waals surface area contributed by atoms with Crippen LogP contribution in [0.5, 0.6) is 11.5 Å². The fourth-order valence-corrected chi connectivity index (χ4v) is 1.78. The van der Waals surface area contributed by atoms with Crippen LogP contribution in [0.1, 0.15) is 11.7 Å². The van der Waals surface area contributed by atoms with Crippen molar-refractivity contribution >= 4 is 0 Å². The molecule has 0 spiro atoms. The van der Waals surface area contributed by atoms with Crippen molar-refractivity contribution in [2.24, 2.45) is 5.73 Å². The molecule has 19 heavy (non-hydrogen) atoms. The van der Waals surface area contributed by atoms with Crippen LogP contribution in [0, 0.1) is 5.82 Å². The van der Waals surface area contributed by atoms with Gasteiger partial charge in [-0.25, -0.2) is 4.39 Å². The van der Waals surface area contributed by atoms with Gasteiger partial charge >= 0.3 is 0 Å². The molecule has 2 rings (SSSR count). The largest absolute Gasteiger partial charge is 0.497 e. The molecule has 3 nitrogen and oxygen atoms in total. The van der Waals surface area contributed by atoms with Crippen molar-refractivity contribution in [1.29, 1.82) is 0 Å². The minimum atomic E-state index is -0.331. The predicted octanol–water partition coefficient (Wildman–Crippen LogP) is 2.91. The molecule has 0 radical (unpaired) electrons. The van der Waals surface area contributed by atoms with E-state index in [-0.39, 0.29) is 11.9 Å². The summed E-state index contributed by atoms with van der Waals surface area (Å²) in [5, 5.41) is 0. The quantitative estimate of drug-likeness (QED) is 0.900. The lowest BCUT2D eigenvalue weighted by Gasteiger charge is -2.18. The maximum absolute atomic E-state index is 13.1. The molecule has 2 aromatic carbocycles. The summed E-state index contributed by atoms with van der Waals surface area (Å²) in [5.41, 5.74) is 6.63. The van der Waals surface area contributed by atoms with Gasteiger partial charge in [0.15, 0.2) is 0 Å². The van der Waals surface area contributed by atoms with Crippen LogP contribution in [0.25, 0.3) is 0 Å². The summed E-state index contributed by atoms with van der Waals surface area (Å²) < 4.78 is 23.9. The second-order valence-corrected chi connectivity index (χ2v) is 4.07. The summed E-state index contributed by atoms with van der Waals surface area (Å²) in [6, 6.07) is 13.5. The third-order valence-electron chi connectivity index (χ3n) is 2.78. The zero-order chi connectivity index (χ0) is 13.7. The van der Waals surface area contributed by atoms with Gasteiger partial charge in [-0.05, 0) is 29.8 Å². The van der Waals surface area contributed by atoms with E-state index < -0.39 is 0 Å². The third-order valence-corrected chi connectivity index (χ3v) is 2.78. The first-order chi connectivity index (χ1) is 9.22.